The van der Waals surface area contributed by atoms with Gasteiger partial charge in [-0.15, -0.1) is 0 Å². The van der Waals surface area contributed by atoms with Gasteiger partial charge in [0.15, 0.2) is 0 Å². The molecule has 0 aliphatic heterocycles. The Morgan fingerprint density at radius 2 is 1.38 bits per heavy atom. The van der Waals surface area contributed by atoms with E-state index < -0.39 is 28.5 Å². The molecule has 2 amide bonds. The molecule has 0 aromatic heterocycles. The van der Waals surface area contributed by atoms with Crippen LogP contribution < -0.4 is 9.62 Å². The first-order chi connectivity index (χ1) is 21.5. The lowest BCUT2D eigenvalue weighted by Crippen LogP contribution is -2.53. The number of hydrogen-bond donors (Lipinski definition) is 1. The predicted octanol–water partition coefficient (Wildman–Crippen LogP) is 7.25. The van der Waals surface area contributed by atoms with E-state index in [1.807, 2.05) is 44.2 Å². The standard InChI is InChI=1S/C34H34Cl3N3O4S/c1-24(2)21-38-34(42)32(17-25-11-5-3-6-12-25)39(22-26-13-9-10-16-31(26)37)33(41)23-40(29-19-27(35)18-28(36)20-29)45(43,44)30-14-7-4-8-15-30/h3-16,18-20,24,32H,17,21-23H2,1-2H3,(H,38,42)/t32-/m1/s1. The van der Waals surface area contributed by atoms with Crippen LogP contribution in [-0.2, 0) is 32.6 Å². The first-order valence-electron chi connectivity index (χ1n) is 14.3. The average molecular weight is 687 g/mol. The summed E-state index contributed by atoms with van der Waals surface area (Å²) in [7, 11) is -4.28. The van der Waals surface area contributed by atoms with E-state index in [2.05, 4.69) is 5.32 Å². The highest BCUT2D eigenvalue weighted by Crippen LogP contribution is 2.30. The number of anilines is 1. The molecule has 0 aliphatic rings. The molecule has 1 atom stereocenters. The van der Waals surface area contributed by atoms with Gasteiger partial charge in [-0.3, -0.25) is 13.9 Å². The molecule has 0 aliphatic carbocycles. The first kappa shape index (κ1) is 34.3. The molecule has 7 nitrogen and oxygen atoms in total. The molecule has 0 unspecified atom stereocenters. The third kappa shape index (κ3) is 9.23. The SMILES string of the molecule is CC(C)CNC(=O)[C@@H](Cc1ccccc1)N(Cc1ccccc1Cl)C(=O)CN(c1cc(Cl)cc(Cl)c1)S(=O)(=O)c1ccccc1. The Bertz CT molecular complexity index is 1700. The third-order valence-electron chi connectivity index (χ3n) is 7.00. The molecule has 0 bridgehead atoms. The van der Waals surface area contributed by atoms with E-state index in [9.17, 15) is 18.0 Å². The first-order valence-corrected chi connectivity index (χ1v) is 16.9. The van der Waals surface area contributed by atoms with E-state index in [-0.39, 0.29) is 45.4 Å². The summed E-state index contributed by atoms with van der Waals surface area (Å²) < 4.78 is 29.1. The minimum Gasteiger partial charge on any atom is -0.354 e. The number of carbonyl (C=O) groups excluding carboxylic acids is 2. The zero-order chi connectivity index (χ0) is 32.6. The molecule has 1 N–H and O–H groups in total. The second-order valence-corrected chi connectivity index (χ2v) is 14.1. The van der Waals surface area contributed by atoms with Crippen LogP contribution in [0.25, 0.3) is 0 Å². The number of sulfonamides is 1. The Kier molecular flexibility index (Phi) is 11.9. The van der Waals surface area contributed by atoms with E-state index in [4.69, 9.17) is 34.8 Å². The van der Waals surface area contributed by atoms with Crippen molar-refractivity contribution < 1.29 is 18.0 Å². The molecule has 4 aromatic rings. The van der Waals surface area contributed by atoms with E-state index in [0.717, 1.165) is 9.87 Å². The van der Waals surface area contributed by atoms with Crippen LogP contribution in [0.3, 0.4) is 0 Å². The Balaban J connectivity index is 1.82. The lowest BCUT2D eigenvalue weighted by molar-refractivity contribution is -0.140. The highest BCUT2D eigenvalue weighted by Gasteiger charge is 2.35. The zero-order valence-corrected chi connectivity index (χ0v) is 28.0. The van der Waals surface area contributed by atoms with Crippen LogP contribution in [0.4, 0.5) is 5.69 Å². The number of halogens is 3. The van der Waals surface area contributed by atoms with Crippen LogP contribution in [-0.4, -0.2) is 44.3 Å². The molecule has 11 heteroatoms. The summed E-state index contributed by atoms with van der Waals surface area (Å²) in [4.78, 5) is 29.7. The molecule has 0 saturated heterocycles. The maximum Gasteiger partial charge on any atom is 0.264 e. The second kappa shape index (κ2) is 15.6. The fourth-order valence-electron chi connectivity index (χ4n) is 4.72. The number of carbonyl (C=O) groups is 2. The molecule has 4 rings (SSSR count). The average Bonchev–Trinajstić information content (AvgIpc) is 3.01. The fraction of sp³-hybridized carbons (Fsp3) is 0.235. The number of benzene rings is 4. The molecule has 0 spiro atoms. The molecule has 4 aromatic carbocycles. The van der Waals surface area contributed by atoms with Crippen LogP contribution in [0, 0.1) is 5.92 Å². The zero-order valence-electron chi connectivity index (χ0n) is 24.9. The van der Waals surface area contributed by atoms with Crippen molar-refractivity contribution in [1.82, 2.24) is 10.2 Å². The third-order valence-corrected chi connectivity index (χ3v) is 9.59. The monoisotopic (exact) mass is 685 g/mol. The summed E-state index contributed by atoms with van der Waals surface area (Å²) in [6, 6.07) is 27.5. The lowest BCUT2D eigenvalue weighted by Gasteiger charge is -2.34. The van der Waals surface area contributed by atoms with Crippen molar-refractivity contribution in [3.8, 4) is 0 Å². The normalized spacial score (nSPS) is 12.0. The van der Waals surface area contributed by atoms with Crippen molar-refractivity contribution in [1.29, 1.82) is 0 Å². The summed E-state index contributed by atoms with van der Waals surface area (Å²) in [6.07, 6.45) is 0.190. The van der Waals surface area contributed by atoms with Gasteiger partial charge in [-0.2, -0.15) is 0 Å². The predicted molar refractivity (Wildman–Crippen MR) is 181 cm³/mol. The topological polar surface area (TPSA) is 86.8 Å². The van der Waals surface area contributed by atoms with E-state index >= 15 is 0 Å². The lowest BCUT2D eigenvalue weighted by atomic mass is 10.0. The molecule has 0 fully saturated rings. The summed E-state index contributed by atoms with van der Waals surface area (Å²) in [5.74, 6) is -0.819. The minimum absolute atomic E-state index is 0.0259. The van der Waals surface area contributed by atoms with Crippen LogP contribution >= 0.6 is 34.8 Å². The molecule has 45 heavy (non-hydrogen) atoms. The summed E-state index contributed by atoms with van der Waals surface area (Å²) >= 11 is 19.1. The van der Waals surface area contributed by atoms with Gasteiger partial charge in [-0.25, -0.2) is 8.42 Å². The van der Waals surface area contributed by atoms with Gasteiger partial charge in [0.25, 0.3) is 10.0 Å². The number of rotatable bonds is 13. The summed E-state index contributed by atoms with van der Waals surface area (Å²) in [5, 5.41) is 3.76. The van der Waals surface area contributed by atoms with Crippen molar-refractivity contribution in [3.63, 3.8) is 0 Å². The number of nitrogens with one attached hydrogen (secondary N) is 1. The van der Waals surface area contributed by atoms with Gasteiger partial charge in [0.1, 0.15) is 12.6 Å². The van der Waals surface area contributed by atoms with Crippen LogP contribution in [0.5, 0.6) is 0 Å². The Morgan fingerprint density at radius 1 is 0.800 bits per heavy atom. The quantitative estimate of drug-likeness (QED) is 0.161. The highest BCUT2D eigenvalue weighted by atomic mass is 35.5. The Hall–Kier alpha value is -3.56. The van der Waals surface area contributed by atoms with Crippen LogP contribution in [0.1, 0.15) is 25.0 Å². The molecule has 0 heterocycles. The van der Waals surface area contributed by atoms with Gasteiger partial charge < -0.3 is 10.2 Å². The Labute approximate surface area is 279 Å². The molecular formula is C34H34Cl3N3O4S. The Morgan fingerprint density at radius 3 is 1.98 bits per heavy atom. The molecule has 236 valence electrons. The van der Waals surface area contributed by atoms with Crippen molar-refractivity contribution in [2.24, 2.45) is 5.92 Å². The van der Waals surface area contributed by atoms with Crippen LogP contribution in [0.2, 0.25) is 15.1 Å². The van der Waals surface area contributed by atoms with Crippen molar-refractivity contribution in [2.75, 3.05) is 17.4 Å². The van der Waals surface area contributed by atoms with Gasteiger partial charge in [-0.05, 0) is 53.4 Å². The highest BCUT2D eigenvalue weighted by molar-refractivity contribution is 7.92. The summed E-state index contributed by atoms with van der Waals surface area (Å²) in [5.41, 5.74) is 1.53. The maximum atomic E-state index is 14.5. The number of nitrogens with zero attached hydrogens (tertiary/aromatic N) is 2. The number of amides is 2. The van der Waals surface area contributed by atoms with Gasteiger partial charge in [0.05, 0.1) is 10.6 Å². The van der Waals surface area contributed by atoms with E-state index in [1.54, 1.807) is 42.5 Å². The van der Waals surface area contributed by atoms with Crippen LogP contribution in [0.15, 0.2) is 108 Å². The number of hydrogen-bond acceptors (Lipinski definition) is 4. The van der Waals surface area contributed by atoms with E-state index in [0.29, 0.717) is 17.1 Å². The van der Waals surface area contributed by atoms with Gasteiger partial charge in [0.2, 0.25) is 11.8 Å². The van der Waals surface area contributed by atoms with Crippen molar-refractivity contribution >= 4 is 62.3 Å². The van der Waals surface area contributed by atoms with Gasteiger partial charge >= 0.3 is 0 Å². The molecule has 0 radical (unpaired) electrons. The van der Waals surface area contributed by atoms with Gasteiger partial charge in [0, 0.05) is 34.6 Å². The summed E-state index contributed by atoms with van der Waals surface area (Å²) in [6.45, 7) is 3.67. The maximum absolute atomic E-state index is 14.5. The largest absolute Gasteiger partial charge is 0.354 e. The van der Waals surface area contributed by atoms with Gasteiger partial charge in [-0.1, -0.05) is 115 Å². The molecule has 0 saturated carbocycles. The molecular weight excluding hydrogens is 653 g/mol. The smallest absolute Gasteiger partial charge is 0.264 e. The second-order valence-electron chi connectivity index (χ2n) is 10.9. The minimum atomic E-state index is -4.28. The van der Waals surface area contributed by atoms with Crippen molar-refractivity contribution in [2.45, 2.75) is 37.8 Å². The van der Waals surface area contributed by atoms with Crippen molar-refractivity contribution in [3.05, 3.63) is 129 Å². The van der Waals surface area contributed by atoms with E-state index in [1.165, 1.54) is 35.2 Å². The fourth-order valence-corrected chi connectivity index (χ4v) is 6.85.